The molecule has 0 aromatic heterocycles. The summed E-state index contributed by atoms with van der Waals surface area (Å²) in [5.41, 5.74) is 0. The molecule has 0 aliphatic heterocycles. The third-order valence-electron chi connectivity index (χ3n) is 2.70. The number of methoxy groups -OCH3 is 4. The van der Waals surface area contributed by atoms with Gasteiger partial charge in [0.05, 0.1) is 6.61 Å². The first-order valence-electron chi connectivity index (χ1n) is 5.90. The SMILES string of the molecule is COC[C@@H](O)[C@@H](OC)[C@H](OC)[C@@H](COC(C)=O)OC. The summed E-state index contributed by atoms with van der Waals surface area (Å²) in [5.74, 6) is -0.414. The molecule has 0 radical (unpaired) electrons. The maximum atomic E-state index is 10.8. The lowest BCUT2D eigenvalue weighted by Gasteiger charge is -2.33. The highest BCUT2D eigenvalue weighted by Gasteiger charge is 2.35. The standard InChI is InChI=1S/C12H24O7/c1-8(13)19-7-10(16-3)12(18-5)11(17-4)9(14)6-15-2/h9-12,14H,6-7H2,1-5H3/t9-,10-,11-,12-/m1/s1. The molecule has 0 unspecified atom stereocenters. The summed E-state index contributed by atoms with van der Waals surface area (Å²) in [7, 11) is 5.87. The summed E-state index contributed by atoms with van der Waals surface area (Å²) in [4.78, 5) is 10.8. The van der Waals surface area contributed by atoms with E-state index in [2.05, 4.69) is 0 Å². The van der Waals surface area contributed by atoms with Crippen LogP contribution in [0.5, 0.6) is 0 Å². The number of aliphatic hydroxyl groups is 1. The van der Waals surface area contributed by atoms with Crippen molar-refractivity contribution in [1.29, 1.82) is 0 Å². The average Bonchev–Trinajstić information content (AvgIpc) is 2.37. The molecule has 1 N–H and O–H groups in total. The molecule has 114 valence electrons. The van der Waals surface area contributed by atoms with E-state index in [1.165, 1.54) is 35.4 Å². The minimum Gasteiger partial charge on any atom is -0.463 e. The number of hydrogen-bond acceptors (Lipinski definition) is 7. The fraction of sp³-hybridized carbons (Fsp3) is 0.917. The molecule has 0 aromatic rings. The van der Waals surface area contributed by atoms with Crippen LogP contribution in [0.4, 0.5) is 0 Å². The van der Waals surface area contributed by atoms with E-state index >= 15 is 0 Å². The zero-order valence-electron chi connectivity index (χ0n) is 12.1. The van der Waals surface area contributed by atoms with E-state index in [0.717, 1.165) is 0 Å². The molecule has 7 nitrogen and oxygen atoms in total. The predicted octanol–water partition coefficient (Wildman–Crippen LogP) is -0.398. The van der Waals surface area contributed by atoms with Crippen molar-refractivity contribution >= 4 is 5.97 Å². The Balaban J connectivity index is 4.74. The van der Waals surface area contributed by atoms with E-state index in [1.54, 1.807) is 0 Å². The van der Waals surface area contributed by atoms with E-state index in [-0.39, 0.29) is 13.2 Å². The number of carbonyl (C=O) groups is 1. The van der Waals surface area contributed by atoms with E-state index < -0.39 is 30.4 Å². The van der Waals surface area contributed by atoms with Gasteiger partial charge in [0.15, 0.2) is 0 Å². The van der Waals surface area contributed by atoms with Gasteiger partial charge in [-0.1, -0.05) is 0 Å². The van der Waals surface area contributed by atoms with Crippen molar-refractivity contribution in [3.8, 4) is 0 Å². The molecule has 0 heterocycles. The van der Waals surface area contributed by atoms with Crippen LogP contribution in [-0.4, -0.2) is 77.1 Å². The quantitative estimate of drug-likeness (QED) is 0.545. The van der Waals surface area contributed by atoms with E-state index in [1.807, 2.05) is 0 Å². The average molecular weight is 280 g/mol. The number of ether oxygens (including phenoxy) is 5. The second-order valence-electron chi connectivity index (χ2n) is 4.00. The summed E-state index contributed by atoms with van der Waals surface area (Å²) in [6.07, 6.45) is -2.69. The first kappa shape index (κ1) is 18.3. The van der Waals surface area contributed by atoms with Gasteiger partial charge in [-0.15, -0.1) is 0 Å². The lowest BCUT2D eigenvalue weighted by atomic mass is 10.0. The van der Waals surface area contributed by atoms with Gasteiger partial charge in [0.25, 0.3) is 0 Å². The summed E-state index contributed by atoms with van der Waals surface area (Å²) in [6, 6.07) is 0. The molecule has 7 heteroatoms. The fourth-order valence-electron chi connectivity index (χ4n) is 1.77. The van der Waals surface area contributed by atoms with Crippen LogP contribution in [-0.2, 0) is 28.5 Å². The maximum Gasteiger partial charge on any atom is 0.302 e. The molecule has 0 bridgehead atoms. The number of rotatable bonds is 10. The van der Waals surface area contributed by atoms with Crippen LogP contribution in [0.15, 0.2) is 0 Å². The van der Waals surface area contributed by atoms with Crippen molar-refractivity contribution in [2.75, 3.05) is 41.7 Å². The zero-order chi connectivity index (χ0) is 14.8. The lowest BCUT2D eigenvalue weighted by molar-refractivity contribution is -0.169. The second-order valence-corrected chi connectivity index (χ2v) is 4.00. The molecule has 0 aromatic carbocycles. The van der Waals surface area contributed by atoms with Gasteiger partial charge in [-0.3, -0.25) is 4.79 Å². The molecule has 0 fully saturated rings. The van der Waals surface area contributed by atoms with Crippen LogP contribution >= 0.6 is 0 Å². The predicted molar refractivity (Wildman–Crippen MR) is 66.9 cm³/mol. The van der Waals surface area contributed by atoms with Gasteiger partial charge in [-0.25, -0.2) is 0 Å². The highest BCUT2D eigenvalue weighted by Crippen LogP contribution is 2.15. The monoisotopic (exact) mass is 280 g/mol. The van der Waals surface area contributed by atoms with Gasteiger partial charge < -0.3 is 28.8 Å². The van der Waals surface area contributed by atoms with Crippen LogP contribution < -0.4 is 0 Å². The first-order chi connectivity index (χ1) is 9.01. The van der Waals surface area contributed by atoms with Crippen LogP contribution in [0.3, 0.4) is 0 Å². The Morgan fingerprint density at radius 2 is 1.58 bits per heavy atom. The molecule has 0 spiro atoms. The van der Waals surface area contributed by atoms with Crippen molar-refractivity contribution in [3.05, 3.63) is 0 Å². The first-order valence-corrected chi connectivity index (χ1v) is 5.90. The van der Waals surface area contributed by atoms with E-state index in [9.17, 15) is 9.90 Å². The van der Waals surface area contributed by atoms with Gasteiger partial charge in [0.1, 0.15) is 31.0 Å². The van der Waals surface area contributed by atoms with Gasteiger partial charge in [-0.05, 0) is 0 Å². The van der Waals surface area contributed by atoms with E-state index in [4.69, 9.17) is 23.7 Å². The Morgan fingerprint density at radius 1 is 1.00 bits per heavy atom. The fourth-order valence-corrected chi connectivity index (χ4v) is 1.77. The molecule has 4 atom stereocenters. The summed E-state index contributed by atoms with van der Waals surface area (Å²) in [5, 5.41) is 9.94. The third-order valence-corrected chi connectivity index (χ3v) is 2.70. The van der Waals surface area contributed by atoms with Crippen molar-refractivity contribution in [2.45, 2.75) is 31.3 Å². The van der Waals surface area contributed by atoms with Crippen LogP contribution in [0.25, 0.3) is 0 Å². The Hall–Kier alpha value is -0.730. The van der Waals surface area contributed by atoms with Crippen molar-refractivity contribution in [2.24, 2.45) is 0 Å². The molecule has 0 amide bonds. The molecule has 0 rings (SSSR count). The highest BCUT2D eigenvalue weighted by atomic mass is 16.6. The minimum atomic E-state index is -0.880. The maximum absolute atomic E-state index is 10.8. The summed E-state index contributed by atoms with van der Waals surface area (Å²) >= 11 is 0. The third kappa shape index (κ3) is 6.31. The normalized spacial score (nSPS) is 17.6. The Labute approximate surface area is 113 Å². The number of hydrogen-bond donors (Lipinski definition) is 1. The van der Waals surface area contributed by atoms with Crippen LogP contribution in [0, 0.1) is 0 Å². The molecule has 0 aliphatic rings. The van der Waals surface area contributed by atoms with Crippen LogP contribution in [0.2, 0.25) is 0 Å². The molecule has 0 saturated carbocycles. The molecular weight excluding hydrogens is 256 g/mol. The molecular formula is C12H24O7. The van der Waals surface area contributed by atoms with Crippen molar-refractivity contribution in [3.63, 3.8) is 0 Å². The van der Waals surface area contributed by atoms with E-state index in [0.29, 0.717) is 0 Å². The topological polar surface area (TPSA) is 83.5 Å². The Kier molecular flexibility index (Phi) is 9.72. The molecule has 0 aliphatic carbocycles. The second kappa shape index (κ2) is 10.1. The Morgan fingerprint density at radius 3 is 1.95 bits per heavy atom. The highest BCUT2D eigenvalue weighted by molar-refractivity contribution is 5.65. The lowest BCUT2D eigenvalue weighted by Crippen LogP contribution is -2.50. The van der Waals surface area contributed by atoms with Gasteiger partial charge >= 0.3 is 5.97 Å². The smallest absolute Gasteiger partial charge is 0.302 e. The molecule has 19 heavy (non-hydrogen) atoms. The van der Waals surface area contributed by atoms with Gasteiger partial charge in [0.2, 0.25) is 0 Å². The minimum absolute atomic E-state index is 0.0178. The number of carbonyl (C=O) groups excluding carboxylic acids is 1. The number of esters is 1. The summed E-state index contributed by atoms with van der Waals surface area (Å²) < 4.78 is 25.5. The summed E-state index contributed by atoms with van der Waals surface area (Å²) in [6.45, 7) is 1.42. The van der Waals surface area contributed by atoms with Crippen molar-refractivity contribution in [1.82, 2.24) is 0 Å². The van der Waals surface area contributed by atoms with Gasteiger partial charge in [-0.2, -0.15) is 0 Å². The largest absolute Gasteiger partial charge is 0.463 e. The van der Waals surface area contributed by atoms with Crippen molar-refractivity contribution < 1.29 is 33.6 Å². The number of aliphatic hydroxyl groups excluding tert-OH is 1. The van der Waals surface area contributed by atoms with Gasteiger partial charge in [0, 0.05) is 35.4 Å². The Bertz CT molecular complexity index is 246. The zero-order valence-corrected chi connectivity index (χ0v) is 12.1. The molecule has 0 saturated heterocycles. The van der Waals surface area contributed by atoms with Crippen LogP contribution in [0.1, 0.15) is 6.92 Å².